The van der Waals surface area contributed by atoms with E-state index in [1.165, 1.54) is 0 Å². The molecule has 0 heterocycles. The van der Waals surface area contributed by atoms with Crippen molar-refractivity contribution in [2.24, 2.45) is 5.10 Å². The minimum Gasteiger partial charge on any atom is -0.496 e. The van der Waals surface area contributed by atoms with Crippen molar-refractivity contribution in [1.82, 2.24) is 5.43 Å². The summed E-state index contributed by atoms with van der Waals surface area (Å²) >= 11 is 0. The quantitative estimate of drug-likeness (QED) is 0.541. The minimum atomic E-state index is -0.370. The van der Waals surface area contributed by atoms with Gasteiger partial charge in [0.05, 0.1) is 26.5 Å². The standard InChI is InChI=1S/C20H24N2O5/c1-14(15-9-10-17(25-3)16(11-15)12-24-2)21-22-20(23)13-27-19-8-6-5-7-18(19)26-4/h5-11H,12-13H2,1-4H3,(H,22,23)/b21-14-. The number of amides is 1. The van der Waals surface area contributed by atoms with Crippen molar-refractivity contribution in [3.8, 4) is 17.2 Å². The number of rotatable bonds is 9. The topological polar surface area (TPSA) is 78.4 Å². The van der Waals surface area contributed by atoms with E-state index in [1.54, 1.807) is 46.5 Å². The Morgan fingerprint density at radius 3 is 2.37 bits per heavy atom. The van der Waals surface area contributed by atoms with Crippen LogP contribution in [0, 0.1) is 0 Å². The highest BCUT2D eigenvalue weighted by Crippen LogP contribution is 2.25. The molecule has 0 spiro atoms. The fourth-order valence-corrected chi connectivity index (χ4v) is 2.40. The Bertz CT molecular complexity index is 805. The van der Waals surface area contributed by atoms with Gasteiger partial charge in [0.1, 0.15) is 5.75 Å². The van der Waals surface area contributed by atoms with Crippen LogP contribution in [0.1, 0.15) is 18.1 Å². The summed E-state index contributed by atoms with van der Waals surface area (Å²) in [5.74, 6) is 1.43. The zero-order valence-corrected chi connectivity index (χ0v) is 15.9. The molecule has 1 amide bonds. The van der Waals surface area contributed by atoms with E-state index < -0.39 is 0 Å². The molecule has 2 aromatic carbocycles. The van der Waals surface area contributed by atoms with Gasteiger partial charge in [0, 0.05) is 12.7 Å². The number of benzene rings is 2. The molecule has 2 aromatic rings. The van der Waals surface area contributed by atoms with Crippen molar-refractivity contribution in [3.63, 3.8) is 0 Å². The maximum Gasteiger partial charge on any atom is 0.277 e. The van der Waals surface area contributed by atoms with Gasteiger partial charge in [0.15, 0.2) is 18.1 Å². The fraction of sp³-hybridized carbons (Fsp3) is 0.300. The van der Waals surface area contributed by atoms with Gasteiger partial charge in [-0.2, -0.15) is 5.10 Å². The normalized spacial score (nSPS) is 11.0. The smallest absolute Gasteiger partial charge is 0.277 e. The van der Waals surface area contributed by atoms with Crippen LogP contribution in [0.15, 0.2) is 47.6 Å². The van der Waals surface area contributed by atoms with Crippen molar-refractivity contribution in [2.45, 2.75) is 13.5 Å². The maximum absolute atomic E-state index is 12.0. The molecule has 144 valence electrons. The van der Waals surface area contributed by atoms with E-state index in [0.29, 0.717) is 23.8 Å². The second-order valence-corrected chi connectivity index (χ2v) is 5.63. The number of hydrazone groups is 1. The first-order chi connectivity index (χ1) is 13.1. The second kappa shape index (κ2) is 10.2. The Balaban J connectivity index is 1.98. The van der Waals surface area contributed by atoms with Gasteiger partial charge in [-0.3, -0.25) is 4.79 Å². The first-order valence-corrected chi connectivity index (χ1v) is 8.34. The van der Waals surface area contributed by atoms with Crippen LogP contribution in [0.3, 0.4) is 0 Å². The lowest BCUT2D eigenvalue weighted by Crippen LogP contribution is -2.25. The summed E-state index contributed by atoms with van der Waals surface area (Å²) in [5, 5.41) is 4.13. The molecule has 0 fully saturated rings. The van der Waals surface area contributed by atoms with E-state index in [1.807, 2.05) is 24.3 Å². The highest BCUT2D eigenvalue weighted by Gasteiger charge is 2.08. The molecular formula is C20H24N2O5. The molecule has 0 unspecified atom stereocenters. The monoisotopic (exact) mass is 372 g/mol. The summed E-state index contributed by atoms with van der Waals surface area (Å²) in [6.07, 6.45) is 0. The molecule has 0 saturated heterocycles. The second-order valence-electron chi connectivity index (χ2n) is 5.63. The average Bonchev–Trinajstić information content (AvgIpc) is 2.70. The number of ether oxygens (including phenoxy) is 4. The summed E-state index contributed by atoms with van der Waals surface area (Å²) < 4.78 is 21.1. The number of nitrogens with zero attached hydrogens (tertiary/aromatic N) is 1. The zero-order chi connectivity index (χ0) is 19.6. The van der Waals surface area contributed by atoms with Crippen LogP contribution in [0.5, 0.6) is 17.2 Å². The number of para-hydroxylation sites is 2. The lowest BCUT2D eigenvalue weighted by atomic mass is 10.1. The predicted octanol–water partition coefficient (Wildman–Crippen LogP) is 2.77. The van der Waals surface area contributed by atoms with Crippen LogP contribution in [-0.2, 0) is 16.1 Å². The summed E-state index contributed by atoms with van der Waals surface area (Å²) in [6, 6.07) is 12.7. The third kappa shape index (κ3) is 5.72. The number of nitrogens with one attached hydrogen (secondary N) is 1. The van der Waals surface area contributed by atoms with Gasteiger partial charge in [-0.05, 0) is 42.8 Å². The number of carbonyl (C=O) groups excluding carboxylic acids is 1. The molecule has 0 saturated carbocycles. The van der Waals surface area contributed by atoms with Gasteiger partial charge in [-0.15, -0.1) is 0 Å². The molecule has 2 rings (SSSR count). The van der Waals surface area contributed by atoms with Crippen molar-refractivity contribution in [1.29, 1.82) is 0 Å². The first-order valence-electron chi connectivity index (χ1n) is 8.34. The average molecular weight is 372 g/mol. The van der Waals surface area contributed by atoms with Crippen LogP contribution in [0.25, 0.3) is 0 Å². The van der Waals surface area contributed by atoms with E-state index in [2.05, 4.69) is 10.5 Å². The van der Waals surface area contributed by atoms with E-state index >= 15 is 0 Å². The number of carbonyl (C=O) groups is 1. The lowest BCUT2D eigenvalue weighted by molar-refractivity contribution is -0.123. The van der Waals surface area contributed by atoms with Gasteiger partial charge < -0.3 is 18.9 Å². The van der Waals surface area contributed by atoms with Crippen molar-refractivity contribution < 1.29 is 23.7 Å². The molecule has 1 N–H and O–H groups in total. The first kappa shape index (κ1) is 20.3. The molecular weight excluding hydrogens is 348 g/mol. The number of hydrogen-bond acceptors (Lipinski definition) is 6. The Hall–Kier alpha value is -3.06. The van der Waals surface area contributed by atoms with Crippen molar-refractivity contribution in [3.05, 3.63) is 53.6 Å². The Morgan fingerprint density at radius 1 is 1.00 bits per heavy atom. The van der Waals surface area contributed by atoms with Gasteiger partial charge in [0.25, 0.3) is 5.91 Å². The molecule has 7 nitrogen and oxygen atoms in total. The molecule has 0 bridgehead atoms. The van der Waals surface area contributed by atoms with Crippen molar-refractivity contribution >= 4 is 11.6 Å². The molecule has 0 radical (unpaired) electrons. The van der Waals surface area contributed by atoms with Gasteiger partial charge in [-0.1, -0.05) is 12.1 Å². The van der Waals surface area contributed by atoms with Gasteiger partial charge in [-0.25, -0.2) is 5.43 Å². The van der Waals surface area contributed by atoms with Crippen molar-refractivity contribution in [2.75, 3.05) is 27.9 Å². The zero-order valence-electron chi connectivity index (χ0n) is 15.9. The number of hydrogen-bond donors (Lipinski definition) is 1. The van der Waals surface area contributed by atoms with Crippen LogP contribution in [0.2, 0.25) is 0 Å². The Labute approximate surface area is 158 Å². The molecule has 7 heteroatoms. The highest BCUT2D eigenvalue weighted by atomic mass is 16.5. The molecule has 0 atom stereocenters. The molecule has 0 aliphatic carbocycles. The maximum atomic E-state index is 12.0. The largest absolute Gasteiger partial charge is 0.496 e. The van der Waals surface area contributed by atoms with Crippen LogP contribution in [-0.4, -0.2) is 39.6 Å². The molecule has 27 heavy (non-hydrogen) atoms. The van der Waals surface area contributed by atoms with E-state index in [4.69, 9.17) is 18.9 Å². The van der Waals surface area contributed by atoms with Crippen LogP contribution >= 0.6 is 0 Å². The summed E-state index contributed by atoms with van der Waals surface area (Å²) in [5.41, 5.74) is 4.90. The summed E-state index contributed by atoms with van der Waals surface area (Å²) in [6.45, 7) is 2.05. The van der Waals surface area contributed by atoms with E-state index in [9.17, 15) is 4.79 Å². The van der Waals surface area contributed by atoms with Gasteiger partial charge >= 0.3 is 0 Å². The highest BCUT2D eigenvalue weighted by molar-refractivity contribution is 5.99. The SMILES string of the molecule is COCc1cc(/C(C)=N\NC(=O)COc2ccccc2OC)ccc1OC. The Kier molecular flexibility index (Phi) is 7.63. The predicted molar refractivity (Wildman–Crippen MR) is 103 cm³/mol. The molecule has 0 aliphatic heterocycles. The molecule has 0 aromatic heterocycles. The van der Waals surface area contributed by atoms with Crippen LogP contribution in [0.4, 0.5) is 0 Å². The summed E-state index contributed by atoms with van der Waals surface area (Å²) in [4.78, 5) is 12.0. The van der Waals surface area contributed by atoms with Gasteiger partial charge in [0.2, 0.25) is 0 Å². The minimum absolute atomic E-state index is 0.172. The third-order valence-corrected chi connectivity index (χ3v) is 3.77. The van der Waals surface area contributed by atoms with Crippen LogP contribution < -0.4 is 19.6 Å². The van der Waals surface area contributed by atoms with E-state index in [0.717, 1.165) is 16.9 Å². The Morgan fingerprint density at radius 2 is 1.70 bits per heavy atom. The lowest BCUT2D eigenvalue weighted by Gasteiger charge is -2.11. The van der Waals surface area contributed by atoms with E-state index in [-0.39, 0.29) is 12.5 Å². The third-order valence-electron chi connectivity index (χ3n) is 3.77. The summed E-state index contributed by atoms with van der Waals surface area (Å²) in [7, 11) is 4.77. The fourth-order valence-electron chi connectivity index (χ4n) is 2.40. The number of methoxy groups -OCH3 is 3. The molecule has 0 aliphatic rings.